The van der Waals surface area contributed by atoms with Gasteiger partial charge >= 0.3 is 0 Å². The van der Waals surface area contributed by atoms with E-state index >= 15 is 0 Å². The highest BCUT2D eigenvalue weighted by Crippen LogP contribution is 2.26. The summed E-state index contributed by atoms with van der Waals surface area (Å²) in [7, 11) is 1.86. The summed E-state index contributed by atoms with van der Waals surface area (Å²) in [5.41, 5.74) is 0.172. The smallest absolute Gasteiger partial charge is 0.191 e. The first-order valence-corrected chi connectivity index (χ1v) is 8.94. The Morgan fingerprint density at radius 3 is 2.50 bits per heavy atom. The minimum atomic E-state index is 0.172. The van der Waals surface area contributed by atoms with Crippen molar-refractivity contribution < 1.29 is 0 Å². The fourth-order valence-corrected chi connectivity index (χ4v) is 3.51. The molecule has 0 amide bonds. The summed E-state index contributed by atoms with van der Waals surface area (Å²) in [6.45, 7) is 10.8. The molecule has 3 N–H and O–H groups in total. The van der Waals surface area contributed by atoms with Crippen molar-refractivity contribution in [3.63, 3.8) is 0 Å². The Morgan fingerprint density at radius 2 is 1.86 bits per heavy atom. The quantitative estimate of drug-likeness (QED) is 0.410. The van der Waals surface area contributed by atoms with Crippen LogP contribution in [0.25, 0.3) is 0 Å². The topological polar surface area (TPSA) is 51.7 Å². The number of nitrogens with zero attached hydrogens (tertiary/aromatic N) is 2. The minimum Gasteiger partial charge on any atom is -0.355 e. The first-order chi connectivity index (χ1) is 10.5. The normalized spacial score (nSPS) is 24.9. The standard InChI is InChI=1S/C17H35N5/c1-17(2,3)20-11-10-19-16(18-4)21-14-9-12-22(13-14)15-7-5-6-8-15/h14-15,20H,5-13H2,1-4H3,(H2,18,19,21). The second-order valence-electron chi connectivity index (χ2n) is 7.74. The van der Waals surface area contributed by atoms with Gasteiger partial charge in [-0.1, -0.05) is 12.8 Å². The third-order valence-corrected chi connectivity index (χ3v) is 4.70. The molecular formula is C17H35N5. The molecule has 5 heteroatoms. The highest BCUT2D eigenvalue weighted by molar-refractivity contribution is 5.80. The molecule has 0 aromatic rings. The molecule has 1 heterocycles. The van der Waals surface area contributed by atoms with Crippen molar-refractivity contribution in [3.8, 4) is 0 Å². The van der Waals surface area contributed by atoms with Gasteiger partial charge in [-0.05, 0) is 40.0 Å². The zero-order valence-corrected chi connectivity index (χ0v) is 14.9. The maximum absolute atomic E-state index is 4.36. The number of likely N-dealkylation sites (tertiary alicyclic amines) is 1. The summed E-state index contributed by atoms with van der Waals surface area (Å²) in [6, 6.07) is 1.39. The van der Waals surface area contributed by atoms with Crippen LogP contribution in [-0.4, -0.2) is 61.7 Å². The van der Waals surface area contributed by atoms with E-state index in [0.717, 1.165) is 25.1 Å². The lowest BCUT2D eigenvalue weighted by Gasteiger charge is -2.24. The predicted molar refractivity (Wildman–Crippen MR) is 94.5 cm³/mol. The molecule has 2 rings (SSSR count). The van der Waals surface area contributed by atoms with E-state index < -0.39 is 0 Å². The number of guanidine groups is 1. The van der Waals surface area contributed by atoms with Crippen molar-refractivity contribution in [2.75, 3.05) is 33.2 Å². The number of nitrogens with one attached hydrogen (secondary N) is 3. The van der Waals surface area contributed by atoms with Crippen molar-refractivity contribution >= 4 is 5.96 Å². The number of hydrogen-bond acceptors (Lipinski definition) is 3. The summed E-state index contributed by atoms with van der Waals surface area (Å²) in [5, 5.41) is 10.5. The van der Waals surface area contributed by atoms with Gasteiger partial charge in [-0.15, -0.1) is 0 Å². The van der Waals surface area contributed by atoms with Gasteiger partial charge in [0.2, 0.25) is 0 Å². The van der Waals surface area contributed by atoms with Crippen LogP contribution in [0.1, 0.15) is 52.9 Å². The molecule has 0 aromatic carbocycles. The Labute approximate surface area is 136 Å². The van der Waals surface area contributed by atoms with Gasteiger partial charge in [0.05, 0.1) is 0 Å². The van der Waals surface area contributed by atoms with Crippen LogP contribution >= 0.6 is 0 Å². The van der Waals surface area contributed by atoms with E-state index in [9.17, 15) is 0 Å². The largest absolute Gasteiger partial charge is 0.355 e. The van der Waals surface area contributed by atoms with Gasteiger partial charge in [0, 0.05) is 50.8 Å². The van der Waals surface area contributed by atoms with Gasteiger partial charge in [0.15, 0.2) is 5.96 Å². The third kappa shape index (κ3) is 5.76. The predicted octanol–water partition coefficient (Wildman–Crippen LogP) is 1.56. The Kier molecular flexibility index (Phi) is 6.50. The molecule has 1 aliphatic carbocycles. The number of rotatable bonds is 5. The zero-order chi connectivity index (χ0) is 16.0. The molecule has 5 nitrogen and oxygen atoms in total. The van der Waals surface area contributed by atoms with Gasteiger partial charge < -0.3 is 16.0 Å². The first kappa shape index (κ1) is 17.5. The van der Waals surface area contributed by atoms with Crippen molar-refractivity contribution in [2.24, 2.45) is 4.99 Å². The monoisotopic (exact) mass is 309 g/mol. The summed E-state index contributed by atoms with van der Waals surface area (Å²) in [5.74, 6) is 0.939. The molecule has 2 aliphatic rings. The SMILES string of the molecule is CN=C(NCCNC(C)(C)C)NC1CCN(C2CCCC2)C1. The lowest BCUT2D eigenvalue weighted by atomic mass is 10.1. The molecule has 1 aliphatic heterocycles. The van der Waals surface area contributed by atoms with Gasteiger partial charge in [0.1, 0.15) is 0 Å². The van der Waals surface area contributed by atoms with Crippen LogP contribution in [-0.2, 0) is 0 Å². The van der Waals surface area contributed by atoms with Crippen molar-refractivity contribution in [1.29, 1.82) is 0 Å². The second kappa shape index (κ2) is 8.16. The van der Waals surface area contributed by atoms with Crippen LogP contribution in [0, 0.1) is 0 Å². The molecule has 0 radical (unpaired) electrons. The van der Waals surface area contributed by atoms with E-state index in [1.807, 2.05) is 7.05 Å². The lowest BCUT2D eigenvalue weighted by molar-refractivity contribution is 0.242. The Bertz CT molecular complexity index is 355. The second-order valence-corrected chi connectivity index (χ2v) is 7.74. The molecule has 0 spiro atoms. The van der Waals surface area contributed by atoms with Crippen LogP contribution in [0.5, 0.6) is 0 Å². The molecule has 1 saturated heterocycles. The van der Waals surface area contributed by atoms with Gasteiger partial charge in [-0.3, -0.25) is 9.89 Å². The van der Waals surface area contributed by atoms with E-state index in [-0.39, 0.29) is 5.54 Å². The van der Waals surface area contributed by atoms with Gasteiger partial charge in [-0.2, -0.15) is 0 Å². The average molecular weight is 310 g/mol. The van der Waals surface area contributed by atoms with Crippen LogP contribution in [0.3, 0.4) is 0 Å². The Hall–Kier alpha value is -0.810. The van der Waals surface area contributed by atoms with Crippen molar-refractivity contribution in [3.05, 3.63) is 0 Å². The van der Waals surface area contributed by atoms with Crippen molar-refractivity contribution in [1.82, 2.24) is 20.9 Å². The Balaban J connectivity index is 1.65. The summed E-state index contributed by atoms with van der Waals surface area (Å²) in [4.78, 5) is 7.04. The highest BCUT2D eigenvalue weighted by atomic mass is 15.3. The van der Waals surface area contributed by atoms with E-state index in [4.69, 9.17) is 0 Å². The third-order valence-electron chi connectivity index (χ3n) is 4.70. The number of aliphatic imine (C=N–C) groups is 1. The zero-order valence-electron chi connectivity index (χ0n) is 14.9. The summed E-state index contributed by atoms with van der Waals surface area (Å²) >= 11 is 0. The minimum absolute atomic E-state index is 0.172. The molecule has 1 atom stereocenters. The van der Waals surface area contributed by atoms with E-state index in [1.165, 1.54) is 45.2 Å². The number of hydrogen-bond donors (Lipinski definition) is 3. The average Bonchev–Trinajstić information content (AvgIpc) is 3.11. The first-order valence-electron chi connectivity index (χ1n) is 8.94. The van der Waals surface area contributed by atoms with Crippen LogP contribution in [0.15, 0.2) is 4.99 Å². The van der Waals surface area contributed by atoms with Gasteiger partial charge in [0.25, 0.3) is 0 Å². The van der Waals surface area contributed by atoms with Crippen LogP contribution in [0.2, 0.25) is 0 Å². The summed E-state index contributed by atoms with van der Waals surface area (Å²) < 4.78 is 0. The molecule has 2 fully saturated rings. The van der Waals surface area contributed by atoms with Crippen molar-refractivity contribution in [2.45, 2.75) is 70.5 Å². The van der Waals surface area contributed by atoms with Crippen LogP contribution < -0.4 is 16.0 Å². The highest BCUT2D eigenvalue weighted by Gasteiger charge is 2.30. The fraction of sp³-hybridized carbons (Fsp3) is 0.941. The van der Waals surface area contributed by atoms with E-state index in [2.05, 4.69) is 46.6 Å². The fourth-order valence-electron chi connectivity index (χ4n) is 3.51. The van der Waals surface area contributed by atoms with E-state index in [0.29, 0.717) is 6.04 Å². The molecule has 0 bridgehead atoms. The van der Waals surface area contributed by atoms with Crippen LogP contribution in [0.4, 0.5) is 0 Å². The Morgan fingerprint density at radius 1 is 1.14 bits per heavy atom. The molecule has 22 heavy (non-hydrogen) atoms. The molecule has 1 saturated carbocycles. The maximum atomic E-state index is 4.36. The maximum Gasteiger partial charge on any atom is 0.191 e. The van der Waals surface area contributed by atoms with E-state index in [1.54, 1.807) is 0 Å². The lowest BCUT2D eigenvalue weighted by Crippen LogP contribution is -2.48. The molecule has 0 aromatic heterocycles. The molecule has 128 valence electrons. The summed E-state index contributed by atoms with van der Waals surface area (Å²) in [6.07, 6.45) is 6.88. The van der Waals surface area contributed by atoms with Gasteiger partial charge in [-0.25, -0.2) is 0 Å². The molecular weight excluding hydrogens is 274 g/mol. The molecule has 1 unspecified atom stereocenters.